The molecule has 3 rings (SSSR count). The molecule has 1 aliphatic rings. The first-order valence-corrected chi connectivity index (χ1v) is 11.6. The molecule has 1 aromatic carbocycles. The van der Waals surface area contributed by atoms with Crippen LogP contribution in [0.2, 0.25) is 0 Å². The molecule has 0 spiro atoms. The summed E-state index contributed by atoms with van der Waals surface area (Å²) in [7, 11) is 0. The number of rotatable bonds is 7. The molecule has 2 aromatic rings. The molecule has 0 N–H and O–H groups in total. The van der Waals surface area contributed by atoms with E-state index in [1.807, 2.05) is 0 Å². The van der Waals surface area contributed by atoms with E-state index in [0.29, 0.717) is 11.8 Å². The van der Waals surface area contributed by atoms with Gasteiger partial charge in [-0.1, -0.05) is 31.4 Å². The van der Waals surface area contributed by atoms with E-state index in [-0.39, 0.29) is 0 Å². The van der Waals surface area contributed by atoms with Crippen LogP contribution in [-0.2, 0) is 6.42 Å². The monoisotopic (exact) mass is 430 g/mol. The number of thiol groups is 1. The Kier molecular flexibility index (Phi) is 7.91. The third-order valence-electron chi connectivity index (χ3n) is 5.56. The van der Waals surface area contributed by atoms with Gasteiger partial charge in [-0.3, -0.25) is 0 Å². The van der Waals surface area contributed by atoms with Crippen molar-refractivity contribution in [3.63, 3.8) is 0 Å². The van der Waals surface area contributed by atoms with E-state index in [4.69, 9.17) is 0 Å². The molecule has 0 nitrogen and oxygen atoms in total. The predicted octanol–water partition coefficient (Wildman–Crippen LogP) is 6.17. The summed E-state index contributed by atoms with van der Waals surface area (Å²) in [5.74, 6) is 0.209. The van der Waals surface area contributed by atoms with Crippen LogP contribution < -0.4 is 9.75 Å². The van der Waals surface area contributed by atoms with Crippen LogP contribution >= 0.6 is 24.0 Å². The second-order valence-corrected chi connectivity index (χ2v) is 9.41. The van der Waals surface area contributed by atoms with E-state index in [1.165, 1.54) is 21.5 Å². The maximum atomic E-state index is 13.5. The molecule has 154 valence electrons. The Bertz CT molecular complexity index is 979. The fourth-order valence-electron chi connectivity index (χ4n) is 3.89. The van der Waals surface area contributed by atoms with Gasteiger partial charge in [-0.25, -0.2) is 8.78 Å². The topological polar surface area (TPSA) is 0 Å². The lowest BCUT2D eigenvalue weighted by atomic mass is 9.78. The average Bonchev–Trinajstić information content (AvgIpc) is 3.06. The highest BCUT2D eigenvalue weighted by atomic mass is 32.1. The fourth-order valence-corrected chi connectivity index (χ4v) is 5.18. The smallest absolute Gasteiger partial charge is 0.159 e. The Hall–Kier alpha value is -1.65. The average molecular weight is 431 g/mol. The zero-order valence-corrected chi connectivity index (χ0v) is 18.4. The summed E-state index contributed by atoms with van der Waals surface area (Å²) in [4.78, 5) is 1.35. The Morgan fingerprint density at radius 1 is 1.14 bits per heavy atom. The summed E-state index contributed by atoms with van der Waals surface area (Å²) in [5.41, 5.74) is 1.90. The van der Waals surface area contributed by atoms with Gasteiger partial charge >= 0.3 is 0 Å². The van der Waals surface area contributed by atoms with Gasteiger partial charge in [-0.05, 0) is 96.7 Å². The van der Waals surface area contributed by atoms with Crippen LogP contribution in [0.4, 0.5) is 8.78 Å². The van der Waals surface area contributed by atoms with E-state index < -0.39 is 11.6 Å². The standard InChI is InChI=1S/C25H28F2S2/c1-17(14-25-18(2)15-22(29-25)4-3-13-28)5-6-19-7-9-20(10-8-19)21-11-12-23(26)24(27)16-21/h5-6,11-12,14-16,19-20,28H,1-4,7-10,13H2/b6-5+,25-14+. The SMILES string of the molecule is C=C(/C=C/C1CCC(c2ccc(F)c(F)c2)CC1)/C=c1/sc(CCCS)cc1=C. The lowest BCUT2D eigenvalue weighted by Gasteiger charge is -2.27. The minimum Gasteiger partial charge on any atom is -0.204 e. The molecule has 0 bridgehead atoms. The van der Waals surface area contributed by atoms with Crippen molar-refractivity contribution in [2.45, 2.75) is 44.4 Å². The van der Waals surface area contributed by atoms with Crippen molar-refractivity contribution in [2.24, 2.45) is 5.92 Å². The first kappa shape index (κ1) is 22.0. The van der Waals surface area contributed by atoms with Crippen LogP contribution in [0, 0.1) is 17.6 Å². The van der Waals surface area contributed by atoms with Gasteiger partial charge < -0.3 is 0 Å². The Balaban J connectivity index is 1.56. The van der Waals surface area contributed by atoms with E-state index in [1.54, 1.807) is 17.4 Å². The summed E-state index contributed by atoms with van der Waals surface area (Å²) < 4.78 is 27.8. The zero-order chi connectivity index (χ0) is 20.8. The first-order valence-electron chi connectivity index (χ1n) is 10.2. The van der Waals surface area contributed by atoms with Crippen molar-refractivity contribution in [2.75, 3.05) is 5.75 Å². The highest BCUT2D eigenvalue weighted by Gasteiger charge is 2.21. The number of aryl methyl sites for hydroxylation is 1. The molecule has 0 unspecified atom stereocenters. The number of halogens is 2. The van der Waals surface area contributed by atoms with E-state index >= 15 is 0 Å². The minimum absolute atomic E-state index is 0.319. The van der Waals surface area contributed by atoms with E-state index in [0.717, 1.165) is 60.6 Å². The summed E-state index contributed by atoms with van der Waals surface area (Å²) in [5, 5.41) is 1.06. The Labute approximate surface area is 181 Å². The molecule has 0 saturated heterocycles. The van der Waals surface area contributed by atoms with Crippen molar-refractivity contribution >= 4 is 36.6 Å². The highest BCUT2D eigenvalue weighted by molar-refractivity contribution is 7.80. The van der Waals surface area contributed by atoms with Crippen molar-refractivity contribution in [3.05, 3.63) is 80.4 Å². The summed E-state index contributed by atoms with van der Waals surface area (Å²) in [6.07, 6.45) is 12.7. The molecule has 1 aromatic heterocycles. The van der Waals surface area contributed by atoms with E-state index in [9.17, 15) is 8.78 Å². The summed E-state index contributed by atoms with van der Waals surface area (Å²) in [6.45, 7) is 8.32. The van der Waals surface area contributed by atoms with Crippen molar-refractivity contribution in [3.8, 4) is 0 Å². The van der Waals surface area contributed by atoms with Gasteiger partial charge in [0, 0.05) is 9.41 Å². The number of thiophene rings is 1. The van der Waals surface area contributed by atoms with Crippen LogP contribution in [0.3, 0.4) is 0 Å². The quantitative estimate of drug-likeness (QED) is 0.394. The highest BCUT2D eigenvalue weighted by Crippen LogP contribution is 2.36. The molecular weight excluding hydrogens is 402 g/mol. The normalized spacial score (nSPS) is 20.4. The van der Waals surface area contributed by atoms with Crippen LogP contribution in [0.15, 0.2) is 48.6 Å². The molecule has 1 saturated carbocycles. The summed E-state index contributed by atoms with van der Waals surface area (Å²) >= 11 is 6.06. The van der Waals surface area contributed by atoms with Crippen LogP contribution in [0.1, 0.15) is 48.5 Å². The molecule has 1 aliphatic carbocycles. The van der Waals surface area contributed by atoms with Crippen LogP contribution in [-0.4, -0.2) is 5.75 Å². The van der Waals surface area contributed by atoms with Gasteiger partial charge in [0.1, 0.15) is 0 Å². The van der Waals surface area contributed by atoms with Gasteiger partial charge in [-0.15, -0.1) is 11.3 Å². The van der Waals surface area contributed by atoms with Gasteiger partial charge in [0.2, 0.25) is 0 Å². The van der Waals surface area contributed by atoms with Gasteiger partial charge in [-0.2, -0.15) is 12.6 Å². The molecule has 0 amide bonds. The molecule has 0 aliphatic heterocycles. The molecule has 1 fully saturated rings. The molecule has 0 atom stereocenters. The van der Waals surface area contributed by atoms with E-state index in [2.05, 4.69) is 50.1 Å². The first-order chi connectivity index (χ1) is 14.0. The lowest BCUT2D eigenvalue weighted by Crippen LogP contribution is -2.15. The third-order valence-corrected chi connectivity index (χ3v) is 7.06. The van der Waals surface area contributed by atoms with Gasteiger partial charge in [0.25, 0.3) is 0 Å². The second kappa shape index (κ2) is 10.4. The zero-order valence-electron chi connectivity index (χ0n) is 16.7. The van der Waals surface area contributed by atoms with Crippen molar-refractivity contribution in [1.29, 1.82) is 0 Å². The van der Waals surface area contributed by atoms with Crippen LogP contribution in [0.25, 0.3) is 12.7 Å². The maximum absolute atomic E-state index is 13.5. The lowest BCUT2D eigenvalue weighted by molar-refractivity contribution is 0.374. The second-order valence-electron chi connectivity index (χ2n) is 7.79. The molecule has 4 heteroatoms. The maximum Gasteiger partial charge on any atom is 0.159 e. The molecule has 1 heterocycles. The minimum atomic E-state index is -0.773. The van der Waals surface area contributed by atoms with Gasteiger partial charge in [0.05, 0.1) is 0 Å². The number of benzene rings is 1. The Morgan fingerprint density at radius 2 is 1.90 bits per heavy atom. The number of allylic oxidation sites excluding steroid dienone is 3. The van der Waals surface area contributed by atoms with Crippen molar-refractivity contribution in [1.82, 2.24) is 0 Å². The van der Waals surface area contributed by atoms with Gasteiger partial charge in [0.15, 0.2) is 11.6 Å². The number of hydrogen-bond donors (Lipinski definition) is 1. The fraction of sp³-hybridized carbons (Fsp3) is 0.360. The number of hydrogen-bond acceptors (Lipinski definition) is 2. The summed E-state index contributed by atoms with van der Waals surface area (Å²) in [6, 6.07) is 6.48. The largest absolute Gasteiger partial charge is 0.204 e. The molecule has 29 heavy (non-hydrogen) atoms. The Morgan fingerprint density at radius 3 is 2.59 bits per heavy atom. The molecule has 0 radical (unpaired) electrons. The third kappa shape index (κ3) is 6.16. The predicted molar refractivity (Wildman–Crippen MR) is 125 cm³/mol. The van der Waals surface area contributed by atoms with Crippen LogP contribution in [0.5, 0.6) is 0 Å². The van der Waals surface area contributed by atoms with Crippen molar-refractivity contribution < 1.29 is 8.78 Å². The molecular formula is C25H28F2S2.